The van der Waals surface area contributed by atoms with Crippen LogP contribution in [-0.4, -0.2) is 36.1 Å². The van der Waals surface area contributed by atoms with Crippen molar-refractivity contribution >= 4 is 28.7 Å². The smallest absolute Gasteiger partial charge is 0.335 e. The lowest BCUT2D eigenvalue weighted by atomic mass is 10.1. The molecule has 0 amide bonds. The van der Waals surface area contributed by atoms with Crippen LogP contribution in [0.1, 0.15) is 48.4 Å². The molecule has 1 aromatic carbocycles. The predicted octanol–water partition coefficient (Wildman–Crippen LogP) is 2.21. The summed E-state index contributed by atoms with van der Waals surface area (Å²) in [6, 6.07) is 4.78. The molecular weight excluding hydrogens is 402 g/mol. The number of aryl methyl sites for hydroxylation is 2. The number of hydrogen-bond donors (Lipinski definition) is 2. The van der Waals surface area contributed by atoms with E-state index in [2.05, 4.69) is 15.0 Å². The molecule has 0 bridgehead atoms. The van der Waals surface area contributed by atoms with Gasteiger partial charge in [-0.15, -0.1) is 0 Å². The highest BCUT2D eigenvalue weighted by molar-refractivity contribution is 5.93. The molecule has 0 saturated carbocycles. The summed E-state index contributed by atoms with van der Waals surface area (Å²) in [6.07, 6.45) is 2.14. The number of aromatic nitrogens is 4. The molecule has 4 rings (SSSR count). The van der Waals surface area contributed by atoms with Crippen LogP contribution in [0.3, 0.4) is 0 Å². The number of ether oxygens (including phenoxy) is 1. The number of unbranched alkanes of at least 4 members (excludes halogenated alkanes) is 1. The SMILES string of the molecule is CCCCn1c(=O)[nH]c(=O)c2c1nc(COC1=Nc3cc(C(=O)O)ccc3C1)n2CC. The van der Waals surface area contributed by atoms with Crippen LogP contribution in [0, 0.1) is 0 Å². The Morgan fingerprint density at radius 1 is 1.26 bits per heavy atom. The van der Waals surface area contributed by atoms with Gasteiger partial charge in [-0.3, -0.25) is 14.3 Å². The van der Waals surface area contributed by atoms with E-state index in [1.165, 1.54) is 16.7 Å². The molecule has 0 atom stereocenters. The second-order valence-corrected chi connectivity index (χ2v) is 7.33. The van der Waals surface area contributed by atoms with Crippen molar-refractivity contribution in [1.29, 1.82) is 0 Å². The van der Waals surface area contributed by atoms with E-state index in [0.717, 1.165) is 18.4 Å². The van der Waals surface area contributed by atoms with E-state index < -0.39 is 17.2 Å². The number of carboxylic acid groups (broad SMARTS) is 1. The first-order valence-corrected chi connectivity index (χ1v) is 10.2. The molecule has 2 N–H and O–H groups in total. The first-order chi connectivity index (χ1) is 14.9. The maximum Gasteiger partial charge on any atom is 0.335 e. The Labute approximate surface area is 176 Å². The lowest BCUT2D eigenvalue weighted by Crippen LogP contribution is -2.31. The van der Waals surface area contributed by atoms with Crippen LogP contribution in [0.15, 0.2) is 32.8 Å². The normalized spacial score (nSPS) is 12.8. The van der Waals surface area contributed by atoms with E-state index in [9.17, 15) is 14.4 Å². The minimum atomic E-state index is -1.01. The van der Waals surface area contributed by atoms with E-state index in [1.54, 1.807) is 10.6 Å². The molecule has 3 aromatic rings. The third-order valence-corrected chi connectivity index (χ3v) is 5.30. The molecule has 31 heavy (non-hydrogen) atoms. The third-order valence-electron chi connectivity index (χ3n) is 5.30. The number of carbonyl (C=O) groups is 1. The van der Waals surface area contributed by atoms with Crippen molar-refractivity contribution in [2.24, 2.45) is 4.99 Å². The largest absolute Gasteiger partial charge is 0.478 e. The fraction of sp³-hybridized carbons (Fsp3) is 0.381. The number of benzene rings is 1. The Bertz CT molecular complexity index is 1310. The fourth-order valence-electron chi connectivity index (χ4n) is 3.71. The number of H-pyrrole nitrogens is 1. The van der Waals surface area contributed by atoms with Crippen LogP contribution in [0.2, 0.25) is 0 Å². The third kappa shape index (κ3) is 3.76. The van der Waals surface area contributed by atoms with E-state index in [-0.39, 0.29) is 12.2 Å². The summed E-state index contributed by atoms with van der Waals surface area (Å²) in [7, 11) is 0. The van der Waals surface area contributed by atoms with Gasteiger partial charge in [-0.05, 0) is 31.0 Å². The van der Waals surface area contributed by atoms with Gasteiger partial charge in [-0.1, -0.05) is 19.4 Å². The highest BCUT2D eigenvalue weighted by atomic mass is 16.5. The molecule has 0 radical (unpaired) electrons. The summed E-state index contributed by atoms with van der Waals surface area (Å²) < 4.78 is 9.08. The molecule has 2 aromatic heterocycles. The standard InChI is InChI=1S/C21H23N5O5/c1-3-5-8-26-18-17(19(27)24-21(26)30)25(4-2)15(23-18)11-31-16-10-12-6-7-13(20(28)29)9-14(12)22-16/h6-7,9H,3-5,8,10-11H2,1-2H3,(H,28,29)(H,24,27,30). The molecule has 1 aliphatic heterocycles. The minimum absolute atomic E-state index is 0.0720. The van der Waals surface area contributed by atoms with Crippen molar-refractivity contribution in [3.8, 4) is 0 Å². The van der Waals surface area contributed by atoms with E-state index in [4.69, 9.17) is 9.84 Å². The monoisotopic (exact) mass is 425 g/mol. The lowest BCUT2D eigenvalue weighted by molar-refractivity contribution is 0.0697. The zero-order chi connectivity index (χ0) is 22.1. The molecule has 3 heterocycles. The number of nitrogens with one attached hydrogen (secondary N) is 1. The van der Waals surface area contributed by atoms with Crippen LogP contribution in [0.4, 0.5) is 5.69 Å². The molecule has 0 aliphatic carbocycles. The van der Waals surface area contributed by atoms with Crippen LogP contribution < -0.4 is 11.2 Å². The molecule has 0 saturated heterocycles. The average Bonchev–Trinajstić information content (AvgIpc) is 3.32. The maximum absolute atomic E-state index is 12.5. The molecule has 10 nitrogen and oxygen atoms in total. The Hall–Kier alpha value is -3.69. The first kappa shape index (κ1) is 20.6. The number of rotatable bonds is 7. The van der Waals surface area contributed by atoms with Crippen molar-refractivity contribution in [3.63, 3.8) is 0 Å². The lowest BCUT2D eigenvalue weighted by Gasteiger charge is -2.07. The maximum atomic E-state index is 12.5. The number of fused-ring (bicyclic) bond motifs is 2. The van der Waals surface area contributed by atoms with Gasteiger partial charge < -0.3 is 14.4 Å². The summed E-state index contributed by atoms with van der Waals surface area (Å²) in [5, 5.41) is 9.14. The Kier molecular flexibility index (Phi) is 5.45. The zero-order valence-electron chi connectivity index (χ0n) is 17.3. The Morgan fingerprint density at radius 3 is 2.77 bits per heavy atom. The number of nitrogens with zero attached hydrogens (tertiary/aromatic N) is 4. The molecule has 1 aliphatic rings. The topological polar surface area (TPSA) is 132 Å². The highest BCUT2D eigenvalue weighted by Crippen LogP contribution is 2.28. The minimum Gasteiger partial charge on any atom is -0.478 e. The summed E-state index contributed by atoms with van der Waals surface area (Å²) in [5.74, 6) is -0.0448. The van der Waals surface area contributed by atoms with Gasteiger partial charge in [0.1, 0.15) is 12.4 Å². The quantitative estimate of drug-likeness (QED) is 0.597. The average molecular weight is 425 g/mol. The molecule has 10 heteroatoms. The predicted molar refractivity (Wildman–Crippen MR) is 114 cm³/mol. The van der Waals surface area contributed by atoms with Crippen LogP contribution >= 0.6 is 0 Å². The fourth-order valence-corrected chi connectivity index (χ4v) is 3.71. The Balaban J connectivity index is 1.64. The van der Waals surface area contributed by atoms with E-state index in [1.807, 2.05) is 13.8 Å². The molecule has 162 valence electrons. The molecule has 0 unspecified atom stereocenters. The van der Waals surface area contributed by atoms with Gasteiger partial charge in [-0.25, -0.2) is 19.6 Å². The van der Waals surface area contributed by atoms with Gasteiger partial charge in [0, 0.05) is 13.1 Å². The van der Waals surface area contributed by atoms with E-state index >= 15 is 0 Å². The van der Waals surface area contributed by atoms with Gasteiger partial charge >= 0.3 is 11.7 Å². The van der Waals surface area contributed by atoms with Gasteiger partial charge in [0.05, 0.1) is 17.7 Å². The van der Waals surface area contributed by atoms with Crippen molar-refractivity contribution < 1.29 is 14.6 Å². The van der Waals surface area contributed by atoms with Gasteiger partial charge in [-0.2, -0.15) is 0 Å². The summed E-state index contributed by atoms with van der Waals surface area (Å²) in [6.45, 7) is 4.94. The summed E-state index contributed by atoms with van der Waals surface area (Å²) in [5.41, 5.74) is 1.38. The number of aromatic amines is 1. The van der Waals surface area contributed by atoms with E-state index in [0.29, 0.717) is 48.1 Å². The second kappa shape index (κ2) is 8.21. The first-order valence-electron chi connectivity index (χ1n) is 10.2. The number of aromatic carboxylic acids is 1. The number of hydrogen-bond acceptors (Lipinski definition) is 6. The van der Waals surface area contributed by atoms with Crippen molar-refractivity contribution in [2.75, 3.05) is 0 Å². The van der Waals surface area contributed by atoms with Crippen molar-refractivity contribution in [2.45, 2.75) is 52.8 Å². The van der Waals surface area contributed by atoms with Crippen LogP contribution in [0.25, 0.3) is 11.2 Å². The number of imidazole rings is 1. The zero-order valence-corrected chi connectivity index (χ0v) is 17.3. The number of carboxylic acids is 1. The van der Waals surface area contributed by atoms with Crippen LogP contribution in [0.5, 0.6) is 0 Å². The van der Waals surface area contributed by atoms with Crippen LogP contribution in [-0.2, 0) is 30.9 Å². The van der Waals surface area contributed by atoms with Gasteiger partial charge in [0.25, 0.3) is 5.56 Å². The Morgan fingerprint density at radius 2 is 2.06 bits per heavy atom. The van der Waals surface area contributed by atoms with Gasteiger partial charge in [0.2, 0.25) is 0 Å². The summed E-state index contributed by atoms with van der Waals surface area (Å²) >= 11 is 0. The highest BCUT2D eigenvalue weighted by Gasteiger charge is 2.21. The molecular formula is C21H23N5O5. The molecule has 0 spiro atoms. The summed E-state index contributed by atoms with van der Waals surface area (Å²) in [4.78, 5) is 47.2. The van der Waals surface area contributed by atoms with Crippen molar-refractivity contribution in [3.05, 3.63) is 56.0 Å². The molecule has 0 fully saturated rings. The number of aliphatic imine (C=N–C) groups is 1. The second-order valence-electron chi connectivity index (χ2n) is 7.33. The van der Waals surface area contributed by atoms with Gasteiger partial charge in [0.15, 0.2) is 17.1 Å². The van der Waals surface area contributed by atoms with Crippen molar-refractivity contribution in [1.82, 2.24) is 19.1 Å².